The Morgan fingerprint density at radius 3 is 1.11 bits per heavy atom. The van der Waals surface area contributed by atoms with Crippen LogP contribution in [0.2, 0.25) is 0 Å². The lowest BCUT2D eigenvalue weighted by atomic mass is 10.0. The number of carbonyl (C=O) groups excluding carboxylic acids is 1. The Balaban J connectivity index is 3.19. The van der Waals surface area contributed by atoms with Gasteiger partial charge in [-0.1, -0.05) is 212 Å². The SMILES string of the molecule is CCCCC/C=C\C/C=C\CCCCCCCCOC(=O)CCCCCCCCCCCCCCCCCCCCCCCC. The minimum absolute atomic E-state index is 0.0192. The van der Waals surface area contributed by atoms with Crippen molar-refractivity contribution in [3.8, 4) is 0 Å². The fraction of sp³-hybridized carbons (Fsp3) is 0.884. The van der Waals surface area contributed by atoms with Gasteiger partial charge in [0.25, 0.3) is 0 Å². The fourth-order valence-electron chi connectivity index (χ4n) is 6.23. The molecule has 0 unspecified atom stereocenters. The zero-order chi connectivity index (χ0) is 32.6. The monoisotopic (exact) mass is 631 g/mol. The lowest BCUT2D eigenvalue weighted by Crippen LogP contribution is -2.05. The first-order chi connectivity index (χ1) is 22.3. The number of allylic oxidation sites excluding steroid dienone is 4. The summed E-state index contributed by atoms with van der Waals surface area (Å²) < 4.78 is 5.45. The minimum atomic E-state index is 0.0192. The molecule has 0 aromatic heterocycles. The Labute approximate surface area is 284 Å². The molecule has 0 aromatic carbocycles. The van der Waals surface area contributed by atoms with Gasteiger partial charge in [-0.15, -0.1) is 0 Å². The second-order valence-electron chi connectivity index (χ2n) is 14.0. The van der Waals surface area contributed by atoms with Gasteiger partial charge >= 0.3 is 5.97 Å². The van der Waals surface area contributed by atoms with Crippen molar-refractivity contribution >= 4 is 5.97 Å². The third-order valence-electron chi connectivity index (χ3n) is 9.34. The summed E-state index contributed by atoms with van der Waals surface area (Å²) in [5.41, 5.74) is 0. The predicted octanol–water partition coefficient (Wildman–Crippen LogP) is 15.3. The number of rotatable bonds is 38. The summed E-state index contributed by atoms with van der Waals surface area (Å²) in [6.07, 6.45) is 55.5. The second kappa shape index (κ2) is 41.0. The van der Waals surface area contributed by atoms with Crippen molar-refractivity contribution in [1.82, 2.24) is 0 Å². The van der Waals surface area contributed by atoms with Crippen LogP contribution in [0.15, 0.2) is 24.3 Å². The normalized spacial score (nSPS) is 11.8. The lowest BCUT2D eigenvalue weighted by molar-refractivity contribution is -0.143. The van der Waals surface area contributed by atoms with Gasteiger partial charge in [-0.25, -0.2) is 0 Å². The molecule has 266 valence electrons. The third-order valence-corrected chi connectivity index (χ3v) is 9.34. The summed E-state index contributed by atoms with van der Waals surface area (Å²) in [5, 5.41) is 0. The van der Waals surface area contributed by atoms with Crippen LogP contribution in [0.3, 0.4) is 0 Å². The molecule has 0 saturated heterocycles. The van der Waals surface area contributed by atoms with Gasteiger partial charge in [-0.2, -0.15) is 0 Å². The van der Waals surface area contributed by atoms with E-state index in [4.69, 9.17) is 4.74 Å². The van der Waals surface area contributed by atoms with Gasteiger partial charge in [-0.05, 0) is 44.9 Å². The van der Waals surface area contributed by atoms with Gasteiger partial charge in [0.05, 0.1) is 6.61 Å². The number of ether oxygens (including phenoxy) is 1. The largest absolute Gasteiger partial charge is 0.466 e. The van der Waals surface area contributed by atoms with Crippen molar-refractivity contribution in [3.05, 3.63) is 24.3 Å². The molecule has 0 rings (SSSR count). The van der Waals surface area contributed by atoms with E-state index in [1.807, 2.05) is 0 Å². The fourth-order valence-corrected chi connectivity index (χ4v) is 6.23. The van der Waals surface area contributed by atoms with Crippen molar-refractivity contribution in [2.24, 2.45) is 0 Å². The topological polar surface area (TPSA) is 26.3 Å². The summed E-state index contributed by atoms with van der Waals surface area (Å²) in [4.78, 5) is 12.0. The number of carbonyl (C=O) groups is 1. The van der Waals surface area contributed by atoms with Crippen molar-refractivity contribution in [3.63, 3.8) is 0 Å². The zero-order valence-electron chi connectivity index (χ0n) is 31.1. The molecule has 0 spiro atoms. The van der Waals surface area contributed by atoms with Crippen LogP contribution < -0.4 is 0 Å². The van der Waals surface area contributed by atoms with E-state index in [0.29, 0.717) is 13.0 Å². The molecule has 0 aromatic rings. The standard InChI is InChI=1S/C43H82O2/c1-3-5-7-9-11-13-15-17-19-21-22-23-24-25-26-27-29-31-33-35-37-39-41-43(44)45-42-40-38-36-34-32-30-28-20-18-16-14-12-10-8-6-4-2/h12,14,18,20H,3-11,13,15-17,19,21-42H2,1-2H3/b14-12-,20-18-. The molecule has 0 bridgehead atoms. The molecule has 0 fully saturated rings. The molecular formula is C43H82O2. The van der Waals surface area contributed by atoms with Gasteiger partial charge in [0.15, 0.2) is 0 Å². The van der Waals surface area contributed by atoms with Crippen LogP contribution in [0.4, 0.5) is 0 Å². The van der Waals surface area contributed by atoms with E-state index in [2.05, 4.69) is 38.2 Å². The Kier molecular flexibility index (Phi) is 40.0. The van der Waals surface area contributed by atoms with Crippen LogP contribution in [0.25, 0.3) is 0 Å². The van der Waals surface area contributed by atoms with Gasteiger partial charge < -0.3 is 4.74 Å². The Bertz CT molecular complexity index is 607. The summed E-state index contributed by atoms with van der Waals surface area (Å²) in [6, 6.07) is 0. The van der Waals surface area contributed by atoms with Crippen LogP contribution >= 0.6 is 0 Å². The second-order valence-corrected chi connectivity index (χ2v) is 14.0. The molecule has 0 aliphatic rings. The maximum Gasteiger partial charge on any atom is 0.305 e. The molecule has 0 N–H and O–H groups in total. The number of hydrogen-bond donors (Lipinski definition) is 0. The maximum atomic E-state index is 12.0. The first-order valence-electron chi connectivity index (χ1n) is 20.8. The summed E-state index contributed by atoms with van der Waals surface area (Å²) >= 11 is 0. The molecule has 0 heterocycles. The molecule has 0 aliphatic carbocycles. The lowest BCUT2D eigenvalue weighted by Gasteiger charge is -2.05. The summed E-state index contributed by atoms with van der Waals surface area (Å²) in [5.74, 6) is 0.0192. The van der Waals surface area contributed by atoms with Crippen molar-refractivity contribution in [2.45, 2.75) is 239 Å². The van der Waals surface area contributed by atoms with E-state index in [0.717, 1.165) is 19.3 Å². The van der Waals surface area contributed by atoms with Crippen LogP contribution in [0.1, 0.15) is 239 Å². The zero-order valence-corrected chi connectivity index (χ0v) is 31.1. The van der Waals surface area contributed by atoms with Crippen LogP contribution in [-0.2, 0) is 9.53 Å². The molecule has 0 saturated carbocycles. The van der Waals surface area contributed by atoms with E-state index in [-0.39, 0.29) is 5.97 Å². The number of hydrogen-bond acceptors (Lipinski definition) is 2. The number of unbranched alkanes of at least 4 members (excludes halogenated alkanes) is 30. The highest BCUT2D eigenvalue weighted by Gasteiger charge is 2.03. The molecule has 0 aliphatic heterocycles. The maximum absolute atomic E-state index is 12.0. The Hall–Kier alpha value is -1.05. The quantitative estimate of drug-likeness (QED) is 0.0385. The van der Waals surface area contributed by atoms with Crippen molar-refractivity contribution in [1.29, 1.82) is 0 Å². The van der Waals surface area contributed by atoms with Crippen molar-refractivity contribution in [2.75, 3.05) is 6.61 Å². The molecule has 2 heteroatoms. The molecule has 0 amide bonds. The smallest absolute Gasteiger partial charge is 0.305 e. The van der Waals surface area contributed by atoms with Gasteiger partial charge in [0.1, 0.15) is 0 Å². The van der Waals surface area contributed by atoms with E-state index >= 15 is 0 Å². The molecule has 2 nitrogen and oxygen atoms in total. The third kappa shape index (κ3) is 40.9. The van der Waals surface area contributed by atoms with E-state index in [1.165, 1.54) is 199 Å². The Morgan fingerprint density at radius 1 is 0.378 bits per heavy atom. The first-order valence-corrected chi connectivity index (χ1v) is 20.8. The van der Waals surface area contributed by atoms with Crippen LogP contribution in [0, 0.1) is 0 Å². The minimum Gasteiger partial charge on any atom is -0.466 e. The molecule has 45 heavy (non-hydrogen) atoms. The highest BCUT2D eigenvalue weighted by molar-refractivity contribution is 5.69. The van der Waals surface area contributed by atoms with Gasteiger partial charge in [0.2, 0.25) is 0 Å². The Morgan fingerprint density at radius 2 is 0.689 bits per heavy atom. The van der Waals surface area contributed by atoms with E-state index < -0.39 is 0 Å². The highest BCUT2D eigenvalue weighted by Crippen LogP contribution is 2.16. The van der Waals surface area contributed by atoms with Crippen LogP contribution in [0.5, 0.6) is 0 Å². The number of esters is 1. The van der Waals surface area contributed by atoms with Gasteiger partial charge in [0, 0.05) is 6.42 Å². The van der Waals surface area contributed by atoms with Gasteiger partial charge in [-0.3, -0.25) is 4.79 Å². The average molecular weight is 631 g/mol. The van der Waals surface area contributed by atoms with Crippen LogP contribution in [-0.4, -0.2) is 12.6 Å². The average Bonchev–Trinajstić information content (AvgIpc) is 3.05. The summed E-state index contributed by atoms with van der Waals surface area (Å²) in [6.45, 7) is 5.18. The van der Waals surface area contributed by atoms with Crippen molar-refractivity contribution < 1.29 is 9.53 Å². The molecular weight excluding hydrogens is 548 g/mol. The summed E-state index contributed by atoms with van der Waals surface area (Å²) in [7, 11) is 0. The highest BCUT2D eigenvalue weighted by atomic mass is 16.5. The molecule has 0 radical (unpaired) electrons. The van der Waals surface area contributed by atoms with E-state index in [1.54, 1.807) is 0 Å². The first kappa shape index (κ1) is 43.9. The molecule has 0 atom stereocenters. The van der Waals surface area contributed by atoms with E-state index in [9.17, 15) is 4.79 Å². The predicted molar refractivity (Wildman–Crippen MR) is 202 cm³/mol.